The Morgan fingerprint density at radius 3 is 1.78 bits per heavy atom. The Morgan fingerprint density at radius 1 is 0.750 bits per heavy atom. The number of hydrogen-bond donors (Lipinski definition) is 1. The first kappa shape index (κ1) is 32.8. The maximum Gasteiger partial charge on any atom is 0.132 e. The monoisotopic (exact) mass is 459 g/mol. The summed E-state index contributed by atoms with van der Waals surface area (Å²) in [6.45, 7) is 12.4. The fraction of sp³-hybridized carbons (Fsp3) is 0.875. The van der Waals surface area contributed by atoms with Crippen LogP contribution in [0.2, 0.25) is 0 Å². The van der Waals surface area contributed by atoms with Gasteiger partial charge in [-0.15, -0.1) is 0 Å². The minimum atomic E-state index is 0.135. The van der Waals surface area contributed by atoms with Gasteiger partial charge in [-0.25, -0.2) is 0 Å². The highest BCUT2D eigenvalue weighted by molar-refractivity contribution is 6.30. The lowest BCUT2D eigenvalue weighted by Crippen LogP contribution is -2.13. The number of hydrazone groups is 1. The minimum absolute atomic E-state index is 0.135. The van der Waals surface area contributed by atoms with Crippen LogP contribution in [-0.4, -0.2) is 77.1 Å². The molecule has 0 fully saturated rings. The highest BCUT2D eigenvalue weighted by Gasteiger charge is 1.97. The molecule has 0 bridgehead atoms. The van der Waals surface area contributed by atoms with Gasteiger partial charge < -0.3 is 24.8 Å². The first-order chi connectivity index (χ1) is 15.7. The third-order valence-corrected chi connectivity index (χ3v) is 4.27. The van der Waals surface area contributed by atoms with E-state index in [0.29, 0.717) is 65.8 Å². The molecule has 0 saturated heterocycles. The molecule has 0 aliphatic carbocycles. The minimum Gasteiger partial charge on any atom is -0.379 e. The van der Waals surface area contributed by atoms with Crippen molar-refractivity contribution in [1.29, 1.82) is 0 Å². The molecule has 0 spiro atoms. The summed E-state index contributed by atoms with van der Waals surface area (Å²) in [5.74, 6) is 5.56. The van der Waals surface area contributed by atoms with Gasteiger partial charge in [0.05, 0.1) is 65.1 Å². The van der Waals surface area contributed by atoms with Gasteiger partial charge in [0.1, 0.15) is 5.78 Å². The number of nitrogens with zero attached hydrogens (tertiary/aromatic N) is 2. The zero-order valence-corrected chi connectivity index (χ0v) is 21.1. The number of rotatable bonds is 23. The number of hydrogen-bond acceptors (Lipinski definition) is 8. The quantitative estimate of drug-likeness (QED) is 0.106. The second-order valence-electron chi connectivity index (χ2n) is 7.07. The molecule has 0 aromatic heterocycles. The summed E-state index contributed by atoms with van der Waals surface area (Å²) in [4.78, 5) is 15.0. The predicted molar refractivity (Wildman–Crippen MR) is 133 cm³/mol. The first-order valence-electron chi connectivity index (χ1n) is 12.3. The summed E-state index contributed by atoms with van der Waals surface area (Å²) in [5.41, 5.74) is 0.845. The van der Waals surface area contributed by atoms with E-state index in [9.17, 15) is 4.79 Å². The Bertz CT molecular complexity index is 445. The van der Waals surface area contributed by atoms with Gasteiger partial charge in [0, 0.05) is 12.6 Å². The molecule has 0 unspecified atom stereocenters. The fourth-order valence-electron chi connectivity index (χ4n) is 2.51. The smallest absolute Gasteiger partial charge is 0.132 e. The Hall–Kier alpha value is -1.35. The van der Waals surface area contributed by atoms with Crippen LogP contribution in [0.25, 0.3) is 0 Å². The molecule has 0 heterocycles. The molecule has 2 N–H and O–H groups in total. The van der Waals surface area contributed by atoms with Crippen LogP contribution in [0, 0.1) is 0 Å². The summed E-state index contributed by atoms with van der Waals surface area (Å²) in [7, 11) is 0. The van der Waals surface area contributed by atoms with Gasteiger partial charge >= 0.3 is 0 Å². The summed E-state index contributed by atoms with van der Waals surface area (Å²) >= 11 is 0. The molecule has 8 heteroatoms. The highest BCUT2D eigenvalue weighted by Crippen LogP contribution is 2.07. The number of carbonyl (C=O) groups is 1. The number of ketones is 1. The molecule has 0 atom stereocenters. The van der Waals surface area contributed by atoms with Crippen LogP contribution in [-0.2, 0) is 23.7 Å². The van der Waals surface area contributed by atoms with Gasteiger partial charge in [0.15, 0.2) is 0 Å². The lowest BCUT2D eigenvalue weighted by atomic mass is 10.1. The number of nitrogens with two attached hydrogens (primary N) is 1. The molecular weight excluding hydrogens is 410 g/mol. The highest BCUT2D eigenvalue weighted by atomic mass is 16.6. The van der Waals surface area contributed by atoms with Crippen molar-refractivity contribution in [2.24, 2.45) is 15.9 Å². The molecule has 0 rings (SSSR count). The van der Waals surface area contributed by atoms with Crippen LogP contribution < -0.4 is 5.84 Å². The number of Topliss-reactive ketones (excluding diaryl/α,β-unsaturated/α-hetero) is 1. The maximum absolute atomic E-state index is 10.7. The van der Waals surface area contributed by atoms with Crippen LogP contribution in [0.5, 0.6) is 0 Å². The van der Waals surface area contributed by atoms with Crippen molar-refractivity contribution in [1.82, 2.24) is 0 Å². The summed E-state index contributed by atoms with van der Waals surface area (Å²) in [6.07, 6.45) is 10.6. The van der Waals surface area contributed by atoms with Crippen LogP contribution >= 0.6 is 0 Å². The summed E-state index contributed by atoms with van der Waals surface area (Å²) < 4.78 is 21.5. The lowest BCUT2D eigenvalue weighted by Gasteiger charge is -2.07. The fourth-order valence-corrected chi connectivity index (χ4v) is 2.51. The first-order valence-corrected chi connectivity index (χ1v) is 12.3. The van der Waals surface area contributed by atoms with Gasteiger partial charge in [0.2, 0.25) is 0 Å². The summed E-state index contributed by atoms with van der Waals surface area (Å²) in [6, 6.07) is 0. The van der Waals surface area contributed by atoms with Crippen LogP contribution in [0.3, 0.4) is 0 Å². The van der Waals surface area contributed by atoms with Crippen LogP contribution in [0.1, 0.15) is 79.1 Å². The van der Waals surface area contributed by atoms with E-state index in [2.05, 4.69) is 17.0 Å². The number of ether oxygens (including phenoxy) is 4. The number of aliphatic imine (C=N–C) groups is 1. The van der Waals surface area contributed by atoms with Crippen molar-refractivity contribution in [3.05, 3.63) is 0 Å². The van der Waals surface area contributed by atoms with E-state index in [1.54, 1.807) is 13.1 Å². The topological polar surface area (TPSA) is 105 Å². The molecule has 0 amide bonds. The van der Waals surface area contributed by atoms with Gasteiger partial charge in [-0.2, -0.15) is 5.10 Å². The molecule has 190 valence electrons. The van der Waals surface area contributed by atoms with E-state index in [1.165, 1.54) is 32.1 Å². The van der Waals surface area contributed by atoms with E-state index in [0.717, 1.165) is 18.6 Å². The number of carbonyl (C=O) groups excluding carboxylic acids is 1. The zero-order valence-electron chi connectivity index (χ0n) is 21.1. The van der Waals surface area contributed by atoms with E-state index in [1.807, 2.05) is 13.8 Å². The average Bonchev–Trinajstić information content (AvgIpc) is 2.80. The van der Waals surface area contributed by atoms with Crippen molar-refractivity contribution in [2.45, 2.75) is 79.1 Å². The largest absolute Gasteiger partial charge is 0.379 e. The zero-order chi connectivity index (χ0) is 24.1. The van der Waals surface area contributed by atoms with Crippen molar-refractivity contribution < 1.29 is 23.7 Å². The molecule has 32 heavy (non-hydrogen) atoms. The third kappa shape index (κ3) is 28.6. The molecule has 8 nitrogen and oxygen atoms in total. The molecule has 0 aliphatic rings. The maximum atomic E-state index is 10.7. The van der Waals surface area contributed by atoms with E-state index in [4.69, 9.17) is 24.8 Å². The Balaban J connectivity index is 0. The van der Waals surface area contributed by atoms with Crippen molar-refractivity contribution in [3.8, 4) is 0 Å². The second kappa shape index (κ2) is 29.7. The molecule has 0 saturated carbocycles. The molecular formula is C24H49N3O5. The van der Waals surface area contributed by atoms with E-state index >= 15 is 0 Å². The Labute approximate surface area is 196 Å². The number of unbranched alkanes of at least 4 members (excludes halogenated alkanes) is 5. The molecule has 0 radical (unpaired) electrons. The molecule has 0 aromatic carbocycles. The predicted octanol–water partition coefficient (Wildman–Crippen LogP) is 4.19. The van der Waals surface area contributed by atoms with E-state index < -0.39 is 0 Å². The average molecular weight is 460 g/mol. The normalized spacial score (nSPS) is 11.6. The van der Waals surface area contributed by atoms with Crippen molar-refractivity contribution in [2.75, 3.05) is 59.4 Å². The molecule has 0 aromatic rings. The van der Waals surface area contributed by atoms with Gasteiger partial charge in [-0.1, -0.05) is 52.9 Å². The van der Waals surface area contributed by atoms with Gasteiger partial charge in [0.25, 0.3) is 0 Å². The third-order valence-electron chi connectivity index (χ3n) is 4.27. The standard InChI is InChI=1S/C22H43N3O5.C2H6/c1-3-4-5-6-7-8-9-22(25-23)20-24-11-13-28-15-17-30-19-18-29-16-14-27-12-10-21(2)26;1-2/h20H,3-19,23H2,1-2H3;1-2H3/b24-20?,25-22-;. The molecule has 0 aliphatic heterocycles. The second-order valence-corrected chi connectivity index (χ2v) is 7.07. The van der Waals surface area contributed by atoms with E-state index in [-0.39, 0.29) is 5.78 Å². The van der Waals surface area contributed by atoms with Crippen LogP contribution in [0.15, 0.2) is 10.1 Å². The SMILES string of the molecule is CC.CCCCCCCC/C(C=NCCOCCOCCOCCOCCC(C)=O)=N/N. The van der Waals surface area contributed by atoms with Crippen molar-refractivity contribution in [3.63, 3.8) is 0 Å². The Kier molecular flexibility index (Phi) is 30.4. The summed E-state index contributed by atoms with van der Waals surface area (Å²) in [5, 5.41) is 3.81. The lowest BCUT2D eigenvalue weighted by molar-refractivity contribution is -0.118. The van der Waals surface area contributed by atoms with Gasteiger partial charge in [-0.05, 0) is 19.8 Å². The Morgan fingerprint density at radius 2 is 1.25 bits per heavy atom. The van der Waals surface area contributed by atoms with Gasteiger partial charge in [-0.3, -0.25) is 9.79 Å². The van der Waals surface area contributed by atoms with Crippen molar-refractivity contribution >= 4 is 17.7 Å². The van der Waals surface area contributed by atoms with Crippen LogP contribution in [0.4, 0.5) is 0 Å².